The number of fused-ring (bicyclic) bond motifs is 1. The zero-order valence-corrected chi connectivity index (χ0v) is 18.5. The summed E-state index contributed by atoms with van der Waals surface area (Å²) in [5.41, 5.74) is 2.02. The summed E-state index contributed by atoms with van der Waals surface area (Å²) in [6.45, 7) is 3.64. The summed E-state index contributed by atoms with van der Waals surface area (Å²) in [6, 6.07) is 8.48. The molecule has 4 aromatic rings. The van der Waals surface area contributed by atoms with Crippen LogP contribution >= 0.6 is 0 Å². The van der Waals surface area contributed by atoms with Crippen LogP contribution in [-0.4, -0.2) is 63.8 Å². The highest BCUT2D eigenvalue weighted by atomic mass is 19.1. The fourth-order valence-corrected chi connectivity index (χ4v) is 3.98. The van der Waals surface area contributed by atoms with Crippen LogP contribution in [0.25, 0.3) is 21.9 Å². The molecule has 33 heavy (non-hydrogen) atoms. The normalized spacial score (nSPS) is 14.6. The van der Waals surface area contributed by atoms with Crippen molar-refractivity contribution in [3.63, 3.8) is 0 Å². The minimum absolute atomic E-state index is 0.288. The standard InChI is InChI=1S/C24H24FN7O/c1-30-5-7-32(8-6-30)23-12-16(3-4-26-23)24(33)29-22-11-18-9-17(19-13-28-31(2)15-19)10-21(25)20(18)14-27-22/h3-4,9-15H,5-8H2,1-2H3,(H,27,29,33). The van der Waals surface area contributed by atoms with Crippen LogP contribution in [0.15, 0.2) is 55.1 Å². The highest BCUT2D eigenvalue weighted by Gasteiger charge is 2.17. The van der Waals surface area contributed by atoms with Gasteiger partial charge in [0.05, 0.1) is 6.20 Å². The number of carbonyl (C=O) groups is 1. The van der Waals surface area contributed by atoms with E-state index in [2.05, 4.69) is 37.2 Å². The Morgan fingerprint density at radius 2 is 1.82 bits per heavy atom. The van der Waals surface area contributed by atoms with Crippen molar-refractivity contribution in [3.8, 4) is 11.1 Å². The molecule has 0 saturated carbocycles. The largest absolute Gasteiger partial charge is 0.354 e. The van der Waals surface area contributed by atoms with Crippen LogP contribution in [0.1, 0.15) is 10.4 Å². The van der Waals surface area contributed by atoms with Crippen molar-refractivity contribution in [2.45, 2.75) is 0 Å². The Morgan fingerprint density at radius 3 is 2.58 bits per heavy atom. The summed E-state index contributed by atoms with van der Waals surface area (Å²) >= 11 is 0. The number of nitrogens with one attached hydrogen (secondary N) is 1. The second-order valence-electron chi connectivity index (χ2n) is 8.30. The van der Waals surface area contributed by atoms with E-state index in [0.29, 0.717) is 27.7 Å². The lowest BCUT2D eigenvalue weighted by Crippen LogP contribution is -2.44. The molecule has 1 amide bonds. The molecule has 0 atom stereocenters. The molecule has 1 aromatic carbocycles. The maximum atomic E-state index is 14.7. The number of hydrogen-bond donors (Lipinski definition) is 1. The second kappa shape index (κ2) is 8.59. The van der Waals surface area contributed by atoms with Gasteiger partial charge >= 0.3 is 0 Å². The molecule has 1 aliphatic rings. The van der Waals surface area contributed by atoms with Crippen LogP contribution in [0.5, 0.6) is 0 Å². The lowest BCUT2D eigenvalue weighted by Gasteiger charge is -2.33. The maximum absolute atomic E-state index is 14.7. The summed E-state index contributed by atoms with van der Waals surface area (Å²) < 4.78 is 16.3. The smallest absolute Gasteiger partial charge is 0.257 e. The van der Waals surface area contributed by atoms with E-state index in [9.17, 15) is 9.18 Å². The number of piperazine rings is 1. The number of nitrogens with zero attached hydrogens (tertiary/aromatic N) is 6. The summed E-state index contributed by atoms with van der Waals surface area (Å²) in [5.74, 6) is 0.477. The lowest BCUT2D eigenvalue weighted by molar-refractivity contribution is 0.102. The van der Waals surface area contributed by atoms with Gasteiger partial charge in [0.25, 0.3) is 5.91 Å². The molecule has 0 aliphatic carbocycles. The highest BCUT2D eigenvalue weighted by molar-refractivity contribution is 6.05. The molecule has 5 rings (SSSR count). The van der Waals surface area contributed by atoms with Gasteiger partial charge in [0.15, 0.2) is 0 Å². The third-order valence-corrected chi connectivity index (χ3v) is 5.90. The van der Waals surface area contributed by atoms with E-state index in [1.54, 1.807) is 35.3 Å². The van der Waals surface area contributed by atoms with Crippen molar-refractivity contribution >= 4 is 28.3 Å². The van der Waals surface area contributed by atoms with Gasteiger partial charge in [-0.1, -0.05) is 0 Å². The van der Waals surface area contributed by atoms with Crippen molar-refractivity contribution in [3.05, 3.63) is 66.5 Å². The number of anilines is 2. The fourth-order valence-electron chi connectivity index (χ4n) is 3.98. The van der Waals surface area contributed by atoms with Gasteiger partial charge in [-0.25, -0.2) is 14.4 Å². The molecule has 0 unspecified atom stereocenters. The Kier molecular flexibility index (Phi) is 5.47. The molecule has 0 bridgehead atoms. The Labute approximate surface area is 190 Å². The van der Waals surface area contributed by atoms with Gasteiger partial charge in [-0.05, 0) is 48.3 Å². The summed E-state index contributed by atoms with van der Waals surface area (Å²) in [7, 11) is 3.91. The molecule has 1 aliphatic heterocycles. The van der Waals surface area contributed by atoms with Crippen molar-refractivity contribution < 1.29 is 9.18 Å². The van der Waals surface area contributed by atoms with E-state index in [4.69, 9.17) is 0 Å². The first-order valence-electron chi connectivity index (χ1n) is 10.8. The molecular formula is C24H24FN7O. The zero-order chi connectivity index (χ0) is 22.9. The number of benzene rings is 1. The number of likely N-dealkylation sites (N-methyl/N-ethyl adjacent to an activating group) is 1. The number of amides is 1. The van der Waals surface area contributed by atoms with Crippen LogP contribution < -0.4 is 10.2 Å². The van der Waals surface area contributed by atoms with Crippen LogP contribution in [0.3, 0.4) is 0 Å². The maximum Gasteiger partial charge on any atom is 0.257 e. The van der Waals surface area contributed by atoms with Gasteiger partial charge < -0.3 is 15.1 Å². The minimum Gasteiger partial charge on any atom is -0.354 e. The van der Waals surface area contributed by atoms with E-state index in [1.807, 2.05) is 19.3 Å². The summed E-state index contributed by atoms with van der Waals surface area (Å²) in [6.07, 6.45) is 6.60. The van der Waals surface area contributed by atoms with Gasteiger partial charge in [-0.2, -0.15) is 5.10 Å². The number of carbonyl (C=O) groups excluding carboxylic acids is 1. The van der Waals surface area contributed by atoms with Gasteiger partial charge in [-0.3, -0.25) is 9.48 Å². The van der Waals surface area contributed by atoms with Crippen molar-refractivity contribution in [1.29, 1.82) is 0 Å². The number of aryl methyl sites for hydroxylation is 1. The first kappa shape index (κ1) is 21.0. The fraction of sp³-hybridized carbons (Fsp3) is 0.250. The van der Waals surface area contributed by atoms with E-state index in [1.165, 1.54) is 12.3 Å². The van der Waals surface area contributed by atoms with Crippen molar-refractivity contribution in [2.75, 3.05) is 43.4 Å². The molecule has 9 heteroatoms. The van der Waals surface area contributed by atoms with Gasteiger partial charge in [0, 0.05) is 68.3 Å². The molecule has 0 spiro atoms. The van der Waals surface area contributed by atoms with Gasteiger partial charge in [0.1, 0.15) is 17.5 Å². The van der Waals surface area contributed by atoms with E-state index in [-0.39, 0.29) is 11.7 Å². The van der Waals surface area contributed by atoms with Crippen LogP contribution in [0, 0.1) is 5.82 Å². The number of aromatic nitrogens is 4. The molecule has 8 nitrogen and oxygen atoms in total. The molecule has 0 radical (unpaired) electrons. The third-order valence-electron chi connectivity index (χ3n) is 5.90. The first-order valence-corrected chi connectivity index (χ1v) is 10.8. The number of rotatable bonds is 4. The SMILES string of the molecule is CN1CCN(c2cc(C(=O)Nc3cc4cc(-c5cnn(C)c5)cc(F)c4cn3)ccn2)CC1. The molecule has 1 saturated heterocycles. The molecule has 1 N–H and O–H groups in total. The van der Waals surface area contributed by atoms with E-state index >= 15 is 0 Å². The molecule has 1 fully saturated rings. The third kappa shape index (κ3) is 4.40. The molecular weight excluding hydrogens is 421 g/mol. The predicted molar refractivity (Wildman–Crippen MR) is 126 cm³/mol. The number of pyridine rings is 2. The highest BCUT2D eigenvalue weighted by Crippen LogP contribution is 2.28. The monoisotopic (exact) mass is 445 g/mol. The van der Waals surface area contributed by atoms with Crippen molar-refractivity contribution in [1.82, 2.24) is 24.6 Å². The van der Waals surface area contributed by atoms with Crippen molar-refractivity contribution in [2.24, 2.45) is 7.05 Å². The lowest BCUT2D eigenvalue weighted by atomic mass is 10.0. The van der Waals surface area contributed by atoms with Crippen LogP contribution in [0.4, 0.5) is 16.0 Å². The average molecular weight is 446 g/mol. The molecule has 4 heterocycles. The Balaban J connectivity index is 1.38. The van der Waals surface area contributed by atoms with E-state index < -0.39 is 0 Å². The van der Waals surface area contributed by atoms with E-state index in [0.717, 1.165) is 37.6 Å². The Morgan fingerprint density at radius 1 is 1.00 bits per heavy atom. The molecule has 3 aromatic heterocycles. The Hall–Kier alpha value is -3.85. The predicted octanol–water partition coefficient (Wildman–Crippen LogP) is 3.17. The second-order valence-corrected chi connectivity index (χ2v) is 8.30. The van der Waals surface area contributed by atoms with Gasteiger partial charge in [0.2, 0.25) is 0 Å². The average Bonchev–Trinajstić information content (AvgIpc) is 3.26. The summed E-state index contributed by atoms with van der Waals surface area (Å²) in [4.78, 5) is 26.0. The number of halogens is 1. The van der Waals surface area contributed by atoms with Crippen LogP contribution in [-0.2, 0) is 7.05 Å². The number of hydrogen-bond acceptors (Lipinski definition) is 6. The van der Waals surface area contributed by atoms with Crippen LogP contribution in [0.2, 0.25) is 0 Å². The molecule has 168 valence electrons. The minimum atomic E-state index is -0.373. The Bertz CT molecular complexity index is 1330. The first-order chi connectivity index (χ1) is 16.0. The summed E-state index contributed by atoms with van der Waals surface area (Å²) in [5, 5.41) is 8.01. The quantitative estimate of drug-likeness (QED) is 0.520. The zero-order valence-electron chi connectivity index (χ0n) is 18.5. The topological polar surface area (TPSA) is 79.2 Å². The van der Waals surface area contributed by atoms with Gasteiger partial charge in [-0.15, -0.1) is 0 Å².